The van der Waals surface area contributed by atoms with Crippen molar-refractivity contribution in [2.45, 2.75) is 65.1 Å². The molecule has 1 heterocycles. The second-order valence-corrected chi connectivity index (χ2v) is 9.22. The van der Waals surface area contributed by atoms with Crippen molar-refractivity contribution in [3.05, 3.63) is 88.0 Å². The summed E-state index contributed by atoms with van der Waals surface area (Å²) >= 11 is 3.37. The number of nitrogens with zero attached hydrogens (tertiary/aromatic N) is 1. The van der Waals surface area contributed by atoms with E-state index in [1.54, 1.807) is 13.3 Å². The van der Waals surface area contributed by atoms with Gasteiger partial charge in [-0.15, -0.1) is 0 Å². The molecule has 3 unspecified atom stereocenters. The minimum absolute atomic E-state index is 0.0944. The van der Waals surface area contributed by atoms with Gasteiger partial charge in [0.05, 0.1) is 17.5 Å². The summed E-state index contributed by atoms with van der Waals surface area (Å²) in [6.07, 6.45) is 5.33. The topological polar surface area (TPSA) is 116 Å². The van der Waals surface area contributed by atoms with Gasteiger partial charge in [-0.25, -0.2) is 4.98 Å². The van der Waals surface area contributed by atoms with E-state index in [1.165, 1.54) is 39.1 Å². The molecular formula is C28H41BrN4O2. The van der Waals surface area contributed by atoms with Gasteiger partial charge in [0.15, 0.2) is 0 Å². The van der Waals surface area contributed by atoms with Crippen molar-refractivity contribution in [3.8, 4) is 0 Å². The number of rotatable bonds is 5. The summed E-state index contributed by atoms with van der Waals surface area (Å²) in [6, 6.07) is 12.7. The van der Waals surface area contributed by atoms with Crippen molar-refractivity contribution < 1.29 is 9.90 Å². The summed E-state index contributed by atoms with van der Waals surface area (Å²) in [5.74, 6) is 0.611. The Hall–Kier alpha value is -2.77. The molecule has 0 spiro atoms. The van der Waals surface area contributed by atoms with Crippen LogP contribution in [-0.4, -0.2) is 39.1 Å². The summed E-state index contributed by atoms with van der Waals surface area (Å²) in [4.78, 5) is 17.8. The number of carbonyl (C=O) groups excluding carboxylic acids is 1. The Labute approximate surface area is 219 Å². The molecule has 3 atom stereocenters. The number of carbonyl (C=O) groups is 1. The molecule has 0 aliphatic rings. The Morgan fingerprint density at radius 3 is 1.94 bits per heavy atom. The lowest BCUT2D eigenvalue weighted by Gasteiger charge is -2.17. The molecule has 0 bridgehead atoms. The molecule has 1 aromatic heterocycles. The summed E-state index contributed by atoms with van der Waals surface area (Å²) in [5, 5.41) is 13.4. The number of aromatic nitrogens is 2. The number of aliphatic hydroxyl groups excluding tert-OH is 1. The molecule has 35 heavy (non-hydrogen) atoms. The lowest BCUT2D eigenvalue weighted by Crippen LogP contribution is -2.11. The van der Waals surface area contributed by atoms with E-state index in [0.717, 1.165) is 12.6 Å². The normalized spacial score (nSPS) is 12.3. The van der Waals surface area contributed by atoms with Crippen LogP contribution in [0.15, 0.2) is 48.9 Å². The van der Waals surface area contributed by atoms with Crippen LogP contribution < -0.4 is 5.73 Å². The standard InChI is InChI=1S/C13H16N2.C12H15BrO.C2H6O.CH4N2/c1-9-5-4-6-12(10(9)2)11(3)13-7-14-8-15-13;1-8-5-4-6-11(9(8)2)10(3)12(13)7-14;1-2-3;2-1-3/h4-8,11H,1-3H3,(H,14,15);4-7,10,12H,1-3H3;3H,2H2,1H3;1H,(H3,2,3). The fourth-order valence-corrected chi connectivity index (χ4v) is 3.76. The third kappa shape index (κ3) is 10.6. The smallest absolute Gasteiger partial charge is 0.134 e. The number of aliphatic hydroxyl groups is 1. The Balaban J connectivity index is 0.000000541. The quantitative estimate of drug-likeness (QED) is 0.134. The van der Waals surface area contributed by atoms with Gasteiger partial charge < -0.3 is 20.6 Å². The molecule has 3 aromatic rings. The van der Waals surface area contributed by atoms with Crippen LogP contribution >= 0.6 is 15.9 Å². The highest BCUT2D eigenvalue weighted by molar-refractivity contribution is 9.10. The van der Waals surface area contributed by atoms with Gasteiger partial charge in [-0.05, 0) is 68.0 Å². The number of nitrogens with one attached hydrogen (secondary N) is 2. The number of hydrogen-bond acceptors (Lipinski definition) is 4. The molecule has 0 amide bonds. The van der Waals surface area contributed by atoms with Crippen LogP contribution in [0.5, 0.6) is 0 Å². The van der Waals surface area contributed by atoms with Crippen LogP contribution in [0, 0.1) is 33.1 Å². The lowest BCUT2D eigenvalue weighted by molar-refractivity contribution is -0.107. The number of benzene rings is 2. The molecule has 0 saturated heterocycles. The molecule has 3 rings (SSSR count). The molecule has 0 radical (unpaired) electrons. The highest BCUT2D eigenvalue weighted by Crippen LogP contribution is 2.28. The largest absolute Gasteiger partial charge is 0.397 e. The number of H-pyrrole nitrogens is 1. The third-order valence-electron chi connectivity index (χ3n) is 5.84. The average molecular weight is 546 g/mol. The number of aryl methyl sites for hydroxylation is 2. The summed E-state index contributed by atoms with van der Waals surface area (Å²) in [5.41, 5.74) is 13.5. The van der Waals surface area contributed by atoms with E-state index in [9.17, 15) is 4.79 Å². The first-order valence-electron chi connectivity index (χ1n) is 11.6. The first kappa shape index (κ1) is 32.2. The van der Waals surface area contributed by atoms with Gasteiger partial charge in [-0.1, -0.05) is 66.2 Å². The predicted octanol–water partition coefficient (Wildman–Crippen LogP) is 6.10. The second-order valence-electron chi connectivity index (χ2n) is 8.16. The number of hydrogen-bond donors (Lipinski definition) is 4. The van der Waals surface area contributed by atoms with E-state index in [-0.39, 0.29) is 17.4 Å². The average Bonchev–Trinajstić information content (AvgIpc) is 3.38. The maximum absolute atomic E-state index is 10.7. The number of aromatic amines is 1. The van der Waals surface area contributed by atoms with E-state index in [4.69, 9.17) is 10.5 Å². The fourth-order valence-electron chi connectivity index (χ4n) is 3.47. The predicted molar refractivity (Wildman–Crippen MR) is 151 cm³/mol. The van der Waals surface area contributed by atoms with Gasteiger partial charge in [-0.3, -0.25) is 5.41 Å². The Bertz CT molecular complexity index is 1010. The summed E-state index contributed by atoms with van der Waals surface area (Å²) in [7, 11) is 0. The number of imidazole rings is 1. The summed E-state index contributed by atoms with van der Waals surface area (Å²) < 4.78 is 0. The Kier molecular flexibility index (Phi) is 16.2. The zero-order chi connectivity index (χ0) is 27.0. The van der Waals surface area contributed by atoms with Crippen LogP contribution in [-0.2, 0) is 4.79 Å². The Morgan fingerprint density at radius 2 is 1.51 bits per heavy atom. The number of halogens is 1. The molecular weight excluding hydrogens is 504 g/mol. The molecule has 7 heteroatoms. The fraction of sp³-hybridized carbons (Fsp3) is 0.393. The van der Waals surface area contributed by atoms with Crippen molar-refractivity contribution in [1.82, 2.24) is 9.97 Å². The van der Waals surface area contributed by atoms with Gasteiger partial charge in [0.1, 0.15) is 6.29 Å². The molecule has 192 valence electrons. The van der Waals surface area contributed by atoms with Crippen LogP contribution in [0.25, 0.3) is 0 Å². The van der Waals surface area contributed by atoms with Crippen molar-refractivity contribution in [3.63, 3.8) is 0 Å². The van der Waals surface area contributed by atoms with E-state index in [0.29, 0.717) is 5.92 Å². The van der Waals surface area contributed by atoms with Crippen LogP contribution in [0.3, 0.4) is 0 Å². The summed E-state index contributed by atoms with van der Waals surface area (Å²) in [6.45, 7) is 14.7. The maximum Gasteiger partial charge on any atom is 0.134 e. The van der Waals surface area contributed by atoms with Crippen molar-refractivity contribution >= 4 is 28.6 Å². The molecule has 5 N–H and O–H groups in total. The molecule has 0 aliphatic heterocycles. The van der Waals surface area contributed by atoms with E-state index < -0.39 is 0 Å². The zero-order valence-corrected chi connectivity index (χ0v) is 23.6. The van der Waals surface area contributed by atoms with Gasteiger partial charge >= 0.3 is 0 Å². The molecule has 0 aliphatic carbocycles. The maximum atomic E-state index is 10.7. The molecule has 2 aromatic carbocycles. The number of nitrogens with two attached hydrogens (primary N) is 1. The number of aldehydes is 1. The van der Waals surface area contributed by atoms with E-state index in [2.05, 4.69) is 104 Å². The van der Waals surface area contributed by atoms with E-state index in [1.807, 2.05) is 12.3 Å². The highest BCUT2D eigenvalue weighted by atomic mass is 79.9. The second kappa shape index (κ2) is 17.6. The van der Waals surface area contributed by atoms with Gasteiger partial charge in [0, 0.05) is 30.3 Å². The minimum atomic E-state index is -0.0944. The first-order chi connectivity index (χ1) is 16.6. The highest BCUT2D eigenvalue weighted by Gasteiger charge is 2.17. The van der Waals surface area contributed by atoms with Gasteiger partial charge in [-0.2, -0.15) is 0 Å². The van der Waals surface area contributed by atoms with Crippen molar-refractivity contribution in [2.24, 2.45) is 5.73 Å². The lowest BCUT2D eigenvalue weighted by atomic mass is 9.92. The number of alkyl halides is 1. The third-order valence-corrected chi connectivity index (χ3v) is 6.85. The van der Waals surface area contributed by atoms with Gasteiger partial charge in [0.2, 0.25) is 0 Å². The van der Waals surface area contributed by atoms with Crippen LogP contribution in [0.4, 0.5) is 0 Å². The SMILES string of the molecule is CCO.Cc1cccc(C(C)C(Br)C=O)c1C.Cc1cccc(C(C)c2cnc[nH]2)c1C.N=CN. The molecule has 0 fully saturated rings. The molecule has 0 saturated carbocycles. The Morgan fingerprint density at radius 1 is 1.06 bits per heavy atom. The van der Waals surface area contributed by atoms with Crippen LogP contribution in [0.2, 0.25) is 0 Å². The van der Waals surface area contributed by atoms with Crippen molar-refractivity contribution in [2.75, 3.05) is 6.61 Å². The molecule has 6 nitrogen and oxygen atoms in total. The first-order valence-corrected chi connectivity index (χ1v) is 12.5. The van der Waals surface area contributed by atoms with Crippen molar-refractivity contribution in [1.29, 1.82) is 5.41 Å². The zero-order valence-electron chi connectivity index (χ0n) is 22.0. The monoisotopic (exact) mass is 544 g/mol. The van der Waals surface area contributed by atoms with Gasteiger partial charge in [0.25, 0.3) is 0 Å². The van der Waals surface area contributed by atoms with E-state index >= 15 is 0 Å². The minimum Gasteiger partial charge on any atom is -0.397 e. The van der Waals surface area contributed by atoms with Crippen LogP contribution in [0.1, 0.15) is 71.7 Å².